The van der Waals surface area contributed by atoms with E-state index in [4.69, 9.17) is 4.74 Å². The number of carbonyl (C=O) groups excluding carboxylic acids is 1. The highest BCUT2D eigenvalue weighted by Crippen LogP contribution is 2.28. The van der Waals surface area contributed by atoms with E-state index in [9.17, 15) is 9.90 Å². The fourth-order valence-electron chi connectivity index (χ4n) is 3.15. The maximum atomic E-state index is 11.8. The summed E-state index contributed by atoms with van der Waals surface area (Å²) < 4.78 is 5.35. The molecular weight excluding hydrogens is 242 g/mol. The molecule has 0 aromatic carbocycles. The van der Waals surface area contributed by atoms with Gasteiger partial charge in [-0.3, -0.25) is 9.69 Å². The molecule has 0 amide bonds. The van der Waals surface area contributed by atoms with Crippen LogP contribution in [0.15, 0.2) is 0 Å². The number of hydrogen-bond donors (Lipinski definition) is 1. The molecule has 110 valence electrons. The predicted molar refractivity (Wildman–Crippen MR) is 73.8 cm³/mol. The molecule has 0 spiro atoms. The number of likely N-dealkylation sites (tertiary alicyclic amines) is 1. The fourth-order valence-corrected chi connectivity index (χ4v) is 3.15. The van der Waals surface area contributed by atoms with E-state index in [2.05, 4.69) is 11.8 Å². The molecule has 1 saturated heterocycles. The number of hydrogen-bond acceptors (Lipinski definition) is 4. The molecule has 0 aromatic rings. The van der Waals surface area contributed by atoms with E-state index in [0.717, 1.165) is 32.4 Å². The van der Waals surface area contributed by atoms with E-state index in [1.165, 1.54) is 19.3 Å². The zero-order chi connectivity index (χ0) is 13.7. The number of nitrogens with zero attached hydrogens (tertiary/aromatic N) is 1. The zero-order valence-electron chi connectivity index (χ0n) is 12.0. The second-order valence-corrected chi connectivity index (χ2v) is 6.27. The molecular formula is C15H27NO3. The van der Waals surface area contributed by atoms with Gasteiger partial charge in [0, 0.05) is 5.92 Å². The Morgan fingerprint density at radius 1 is 1.26 bits per heavy atom. The van der Waals surface area contributed by atoms with Gasteiger partial charge in [0.1, 0.15) is 0 Å². The average Bonchev–Trinajstić information content (AvgIpc) is 2.39. The Labute approximate surface area is 116 Å². The topological polar surface area (TPSA) is 49.8 Å². The van der Waals surface area contributed by atoms with Crippen LogP contribution in [0.25, 0.3) is 0 Å². The summed E-state index contributed by atoms with van der Waals surface area (Å²) in [6, 6.07) is 0. The van der Waals surface area contributed by atoms with Crippen molar-refractivity contribution in [3.63, 3.8) is 0 Å². The molecule has 4 nitrogen and oxygen atoms in total. The first kappa shape index (κ1) is 14.8. The van der Waals surface area contributed by atoms with Gasteiger partial charge in [0.2, 0.25) is 0 Å². The average molecular weight is 269 g/mol. The Hall–Kier alpha value is -0.610. The molecule has 3 atom stereocenters. The molecule has 1 heterocycles. The third-order valence-corrected chi connectivity index (χ3v) is 4.48. The Morgan fingerprint density at radius 3 is 2.68 bits per heavy atom. The molecule has 4 heteroatoms. The van der Waals surface area contributed by atoms with Crippen LogP contribution in [0.4, 0.5) is 0 Å². The minimum Gasteiger partial charge on any atom is -0.464 e. The summed E-state index contributed by atoms with van der Waals surface area (Å²) >= 11 is 0. The molecule has 0 radical (unpaired) electrons. The molecule has 1 aliphatic heterocycles. The van der Waals surface area contributed by atoms with Gasteiger partial charge in [-0.25, -0.2) is 0 Å². The number of aliphatic hydroxyl groups is 1. The van der Waals surface area contributed by atoms with Gasteiger partial charge in [0.25, 0.3) is 0 Å². The van der Waals surface area contributed by atoms with Gasteiger partial charge in [-0.05, 0) is 44.7 Å². The number of rotatable bonds is 4. The SMILES string of the molecule is CC1CCC(COC(=O)CN2CCCCC2)C(O)C1. The fraction of sp³-hybridized carbons (Fsp3) is 0.933. The normalized spacial score (nSPS) is 33.1. The lowest BCUT2D eigenvalue weighted by atomic mass is 9.81. The molecule has 0 bridgehead atoms. The largest absolute Gasteiger partial charge is 0.464 e. The van der Waals surface area contributed by atoms with Crippen LogP contribution in [-0.2, 0) is 9.53 Å². The first-order chi connectivity index (χ1) is 9.15. The van der Waals surface area contributed by atoms with Crippen LogP contribution in [0, 0.1) is 11.8 Å². The monoisotopic (exact) mass is 269 g/mol. The molecule has 3 unspecified atom stereocenters. The summed E-state index contributed by atoms with van der Waals surface area (Å²) in [7, 11) is 0. The second-order valence-electron chi connectivity index (χ2n) is 6.27. The maximum Gasteiger partial charge on any atom is 0.320 e. The van der Waals surface area contributed by atoms with Crippen molar-refractivity contribution in [2.45, 2.75) is 51.6 Å². The first-order valence-electron chi connectivity index (χ1n) is 7.71. The molecule has 19 heavy (non-hydrogen) atoms. The molecule has 1 saturated carbocycles. The molecule has 2 fully saturated rings. The van der Waals surface area contributed by atoms with Crippen molar-refractivity contribution in [2.24, 2.45) is 11.8 Å². The van der Waals surface area contributed by atoms with Crippen molar-refractivity contribution >= 4 is 5.97 Å². The number of aliphatic hydroxyl groups excluding tert-OH is 1. The van der Waals surface area contributed by atoms with Gasteiger partial charge >= 0.3 is 5.97 Å². The summed E-state index contributed by atoms with van der Waals surface area (Å²) in [5.74, 6) is 0.601. The lowest BCUT2D eigenvalue weighted by Crippen LogP contribution is -2.37. The minimum absolute atomic E-state index is 0.132. The van der Waals surface area contributed by atoms with Crippen molar-refractivity contribution < 1.29 is 14.6 Å². The van der Waals surface area contributed by atoms with Crippen LogP contribution >= 0.6 is 0 Å². The number of ether oxygens (including phenoxy) is 1. The van der Waals surface area contributed by atoms with E-state index in [-0.39, 0.29) is 18.0 Å². The van der Waals surface area contributed by atoms with Crippen molar-refractivity contribution in [3.8, 4) is 0 Å². The highest BCUT2D eigenvalue weighted by molar-refractivity contribution is 5.71. The summed E-state index contributed by atoms with van der Waals surface area (Å²) in [6.45, 7) is 5.00. The Morgan fingerprint density at radius 2 is 2.00 bits per heavy atom. The quantitative estimate of drug-likeness (QED) is 0.791. The van der Waals surface area contributed by atoms with Crippen molar-refractivity contribution in [1.29, 1.82) is 0 Å². The van der Waals surface area contributed by atoms with E-state index >= 15 is 0 Å². The van der Waals surface area contributed by atoms with Gasteiger partial charge in [-0.15, -0.1) is 0 Å². The van der Waals surface area contributed by atoms with Crippen molar-refractivity contribution in [2.75, 3.05) is 26.2 Å². The van der Waals surface area contributed by atoms with Gasteiger partial charge in [0.05, 0.1) is 19.3 Å². The number of piperidine rings is 1. The summed E-state index contributed by atoms with van der Waals surface area (Å²) in [6.07, 6.45) is 6.29. The predicted octanol–water partition coefficient (Wildman–Crippen LogP) is 1.81. The lowest BCUT2D eigenvalue weighted by molar-refractivity contribution is -0.148. The highest BCUT2D eigenvalue weighted by Gasteiger charge is 2.28. The van der Waals surface area contributed by atoms with Crippen LogP contribution in [0.3, 0.4) is 0 Å². The van der Waals surface area contributed by atoms with E-state index in [1.807, 2.05) is 0 Å². The third kappa shape index (κ3) is 4.77. The summed E-state index contributed by atoms with van der Waals surface area (Å²) in [5.41, 5.74) is 0. The number of carbonyl (C=O) groups is 1. The maximum absolute atomic E-state index is 11.8. The van der Waals surface area contributed by atoms with Gasteiger partial charge < -0.3 is 9.84 Å². The molecule has 2 rings (SSSR count). The summed E-state index contributed by atoms with van der Waals surface area (Å²) in [4.78, 5) is 14.0. The first-order valence-corrected chi connectivity index (χ1v) is 7.71. The molecule has 1 aliphatic carbocycles. The Balaban J connectivity index is 1.65. The van der Waals surface area contributed by atoms with Gasteiger partial charge in [-0.1, -0.05) is 19.8 Å². The minimum atomic E-state index is -0.300. The van der Waals surface area contributed by atoms with Crippen LogP contribution in [0.1, 0.15) is 45.4 Å². The van der Waals surface area contributed by atoms with E-state index in [1.54, 1.807) is 0 Å². The van der Waals surface area contributed by atoms with Crippen molar-refractivity contribution in [1.82, 2.24) is 4.90 Å². The van der Waals surface area contributed by atoms with Crippen LogP contribution in [-0.4, -0.2) is 48.3 Å². The van der Waals surface area contributed by atoms with E-state index < -0.39 is 0 Å². The molecule has 1 N–H and O–H groups in total. The second kappa shape index (κ2) is 7.25. The third-order valence-electron chi connectivity index (χ3n) is 4.48. The van der Waals surface area contributed by atoms with Crippen LogP contribution < -0.4 is 0 Å². The Kier molecular flexibility index (Phi) is 5.64. The van der Waals surface area contributed by atoms with Crippen LogP contribution in [0.2, 0.25) is 0 Å². The number of esters is 1. The van der Waals surface area contributed by atoms with Gasteiger partial charge in [-0.2, -0.15) is 0 Å². The van der Waals surface area contributed by atoms with Crippen LogP contribution in [0.5, 0.6) is 0 Å². The molecule has 2 aliphatic rings. The smallest absolute Gasteiger partial charge is 0.320 e. The Bertz CT molecular complexity index is 289. The standard InChI is InChI=1S/C15H27NO3/c1-12-5-6-13(14(17)9-12)11-19-15(18)10-16-7-3-2-4-8-16/h12-14,17H,2-11H2,1H3. The van der Waals surface area contributed by atoms with Gasteiger partial charge in [0.15, 0.2) is 0 Å². The highest BCUT2D eigenvalue weighted by atomic mass is 16.5. The summed E-state index contributed by atoms with van der Waals surface area (Å²) in [5, 5.41) is 9.97. The van der Waals surface area contributed by atoms with Crippen molar-refractivity contribution in [3.05, 3.63) is 0 Å². The zero-order valence-corrected chi connectivity index (χ0v) is 12.0. The molecule has 0 aromatic heterocycles. The lowest BCUT2D eigenvalue weighted by Gasteiger charge is -2.31. The van der Waals surface area contributed by atoms with E-state index in [0.29, 0.717) is 19.1 Å².